The Morgan fingerprint density at radius 1 is 1.50 bits per heavy atom. The fourth-order valence-corrected chi connectivity index (χ4v) is 1.69. The number of aliphatic carboxylic acids is 1. The zero-order valence-electron chi connectivity index (χ0n) is 9.16. The van der Waals surface area contributed by atoms with Gasteiger partial charge in [0.05, 0.1) is 6.42 Å². The third-order valence-electron chi connectivity index (χ3n) is 2.46. The maximum Gasteiger partial charge on any atom is 0.304 e. The number of carboxylic acids is 1. The molecule has 4 heteroatoms. The number of benzene rings is 1. The third-order valence-corrected chi connectivity index (χ3v) is 2.46. The highest BCUT2D eigenvalue weighted by Gasteiger charge is 2.27. The molecule has 0 aliphatic rings. The van der Waals surface area contributed by atoms with Crippen molar-refractivity contribution in [1.82, 2.24) is 0 Å². The minimum absolute atomic E-state index is 0.155. The van der Waals surface area contributed by atoms with Gasteiger partial charge in [0.1, 0.15) is 12.1 Å². The molecule has 0 bridgehead atoms. The summed E-state index contributed by atoms with van der Waals surface area (Å²) in [4.78, 5) is 21.5. The van der Waals surface area contributed by atoms with Crippen molar-refractivity contribution in [3.8, 4) is 0 Å². The zero-order chi connectivity index (χ0) is 12.3. The maximum absolute atomic E-state index is 13.1. The topological polar surface area (TPSA) is 54.4 Å². The Kier molecular flexibility index (Phi) is 3.42. The predicted octanol–water partition coefficient (Wildman–Crippen LogP) is 2.39. The summed E-state index contributed by atoms with van der Waals surface area (Å²) in [5, 5.41) is 8.76. The number of carbonyl (C=O) groups is 2. The number of hydrogen-bond acceptors (Lipinski definition) is 2. The lowest BCUT2D eigenvalue weighted by Gasteiger charge is -2.24. The van der Waals surface area contributed by atoms with Gasteiger partial charge >= 0.3 is 5.97 Å². The van der Waals surface area contributed by atoms with Crippen molar-refractivity contribution in [1.29, 1.82) is 0 Å². The van der Waals surface area contributed by atoms with E-state index in [0.717, 1.165) is 0 Å². The summed E-state index contributed by atoms with van der Waals surface area (Å²) in [7, 11) is 0. The Balaban J connectivity index is 3.24. The lowest BCUT2D eigenvalue weighted by atomic mass is 9.79. The molecule has 0 radical (unpaired) electrons. The van der Waals surface area contributed by atoms with Gasteiger partial charge in [-0.25, -0.2) is 4.39 Å². The highest BCUT2D eigenvalue weighted by atomic mass is 19.1. The van der Waals surface area contributed by atoms with Gasteiger partial charge in [0.2, 0.25) is 0 Å². The van der Waals surface area contributed by atoms with Crippen LogP contribution in [0.25, 0.3) is 0 Å². The second-order valence-electron chi connectivity index (χ2n) is 4.30. The van der Waals surface area contributed by atoms with E-state index in [-0.39, 0.29) is 6.42 Å². The zero-order valence-corrected chi connectivity index (χ0v) is 9.16. The molecule has 0 atom stereocenters. The van der Waals surface area contributed by atoms with Gasteiger partial charge in [0.25, 0.3) is 0 Å². The summed E-state index contributed by atoms with van der Waals surface area (Å²) in [6.45, 7) is 3.34. The third kappa shape index (κ3) is 2.66. The Bertz CT molecular complexity index is 424. The lowest BCUT2D eigenvalue weighted by Crippen LogP contribution is -2.23. The van der Waals surface area contributed by atoms with Crippen LogP contribution in [0.1, 0.15) is 36.2 Å². The molecule has 1 N–H and O–H groups in total. The van der Waals surface area contributed by atoms with Crippen molar-refractivity contribution >= 4 is 12.3 Å². The molecule has 0 amide bonds. The molecule has 0 saturated heterocycles. The molecule has 0 unspecified atom stereocenters. The van der Waals surface area contributed by atoms with Crippen LogP contribution in [-0.4, -0.2) is 17.4 Å². The van der Waals surface area contributed by atoms with E-state index in [2.05, 4.69) is 0 Å². The molecule has 0 aromatic heterocycles. The Labute approximate surface area is 92.9 Å². The van der Waals surface area contributed by atoms with Crippen LogP contribution in [0.15, 0.2) is 18.2 Å². The van der Waals surface area contributed by atoms with Crippen molar-refractivity contribution in [2.45, 2.75) is 25.7 Å². The van der Waals surface area contributed by atoms with Gasteiger partial charge in [-0.05, 0) is 23.8 Å². The molecular weight excluding hydrogens is 211 g/mol. The summed E-state index contributed by atoms with van der Waals surface area (Å²) in [5.74, 6) is -1.45. The predicted molar refractivity (Wildman–Crippen MR) is 57.1 cm³/mol. The summed E-state index contributed by atoms with van der Waals surface area (Å²) in [5.41, 5.74) is -0.0259. The summed E-state index contributed by atoms with van der Waals surface area (Å²) in [6.07, 6.45) is 0.454. The van der Waals surface area contributed by atoms with Crippen LogP contribution in [0, 0.1) is 5.82 Å². The first-order valence-electron chi connectivity index (χ1n) is 4.84. The van der Waals surface area contributed by atoms with E-state index in [4.69, 9.17) is 5.11 Å². The molecule has 1 rings (SSSR count). The van der Waals surface area contributed by atoms with Gasteiger partial charge in [0, 0.05) is 11.0 Å². The van der Waals surface area contributed by atoms with Crippen molar-refractivity contribution < 1.29 is 19.1 Å². The molecule has 86 valence electrons. The van der Waals surface area contributed by atoms with Gasteiger partial charge in [0.15, 0.2) is 0 Å². The van der Waals surface area contributed by atoms with Crippen LogP contribution in [0.2, 0.25) is 0 Å². The standard InChI is InChI=1S/C12H13FO3/c1-12(2,6-11(15)16)10-5-9(13)4-3-8(10)7-14/h3-5,7H,6H2,1-2H3,(H,15,16). The largest absolute Gasteiger partial charge is 0.481 e. The van der Waals surface area contributed by atoms with Crippen LogP contribution in [0.5, 0.6) is 0 Å². The van der Waals surface area contributed by atoms with Crippen molar-refractivity contribution in [2.24, 2.45) is 0 Å². The Morgan fingerprint density at radius 2 is 2.12 bits per heavy atom. The van der Waals surface area contributed by atoms with E-state index in [9.17, 15) is 14.0 Å². The molecule has 3 nitrogen and oxygen atoms in total. The maximum atomic E-state index is 13.1. The highest BCUT2D eigenvalue weighted by molar-refractivity contribution is 5.79. The molecule has 0 aliphatic carbocycles. The van der Waals surface area contributed by atoms with Gasteiger partial charge in [-0.1, -0.05) is 13.8 Å². The average Bonchev–Trinajstić information content (AvgIpc) is 2.15. The van der Waals surface area contributed by atoms with Crippen LogP contribution < -0.4 is 0 Å². The van der Waals surface area contributed by atoms with E-state index in [1.165, 1.54) is 18.2 Å². The highest BCUT2D eigenvalue weighted by Crippen LogP contribution is 2.29. The van der Waals surface area contributed by atoms with Crippen LogP contribution >= 0.6 is 0 Å². The monoisotopic (exact) mass is 224 g/mol. The van der Waals surface area contributed by atoms with Gasteiger partial charge in [-0.3, -0.25) is 9.59 Å². The number of halogens is 1. The molecule has 0 heterocycles. The SMILES string of the molecule is CC(C)(CC(=O)O)c1cc(F)ccc1C=O. The smallest absolute Gasteiger partial charge is 0.304 e. The van der Waals surface area contributed by atoms with E-state index >= 15 is 0 Å². The molecule has 1 aromatic carbocycles. The molecule has 16 heavy (non-hydrogen) atoms. The minimum Gasteiger partial charge on any atom is -0.481 e. The van der Waals surface area contributed by atoms with Crippen molar-refractivity contribution in [3.63, 3.8) is 0 Å². The van der Waals surface area contributed by atoms with E-state index in [0.29, 0.717) is 17.4 Å². The Morgan fingerprint density at radius 3 is 2.62 bits per heavy atom. The quantitative estimate of drug-likeness (QED) is 0.799. The lowest BCUT2D eigenvalue weighted by molar-refractivity contribution is -0.138. The second-order valence-corrected chi connectivity index (χ2v) is 4.30. The average molecular weight is 224 g/mol. The van der Waals surface area contributed by atoms with Crippen molar-refractivity contribution in [3.05, 3.63) is 35.1 Å². The number of rotatable bonds is 4. The van der Waals surface area contributed by atoms with Crippen LogP contribution in [0.4, 0.5) is 4.39 Å². The first kappa shape index (κ1) is 12.4. The van der Waals surface area contributed by atoms with E-state index in [1.54, 1.807) is 13.8 Å². The van der Waals surface area contributed by atoms with Crippen molar-refractivity contribution in [2.75, 3.05) is 0 Å². The number of carboxylic acid groups (broad SMARTS) is 1. The fraction of sp³-hybridized carbons (Fsp3) is 0.333. The number of carbonyl (C=O) groups excluding carboxylic acids is 1. The van der Waals surface area contributed by atoms with E-state index in [1.807, 2.05) is 0 Å². The first-order chi connectivity index (χ1) is 7.36. The van der Waals surface area contributed by atoms with E-state index < -0.39 is 17.2 Å². The molecule has 0 aliphatic heterocycles. The summed E-state index contributed by atoms with van der Waals surface area (Å²) < 4.78 is 13.1. The van der Waals surface area contributed by atoms with Crippen LogP contribution in [0.3, 0.4) is 0 Å². The molecule has 1 aromatic rings. The molecule has 0 saturated carbocycles. The fourth-order valence-electron chi connectivity index (χ4n) is 1.69. The van der Waals surface area contributed by atoms with Crippen LogP contribution in [-0.2, 0) is 10.2 Å². The minimum atomic E-state index is -0.980. The first-order valence-corrected chi connectivity index (χ1v) is 4.84. The second kappa shape index (κ2) is 4.43. The molecule has 0 spiro atoms. The van der Waals surface area contributed by atoms with Gasteiger partial charge in [-0.2, -0.15) is 0 Å². The van der Waals surface area contributed by atoms with Gasteiger partial charge in [-0.15, -0.1) is 0 Å². The Hall–Kier alpha value is -1.71. The number of aldehydes is 1. The summed E-state index contributed by atoms with van der Waals surface area (Å²) in [6, 6.07) is 3.76. The molecular formula is C12H13FO3. The normalized spacial score (nSPS) is 11.2. The molecule has 0 fully saturated rings. The number of hydrogen-bond donors (Lipinski definition) is 1. The summed E-state index contributed by atoms with van der Waals surface area (Å²) >= 11 is 0. The van der Waals surface area contributed by atoms with Gasteiger partial charge < -0.3 is 5.11 Å².